The SMILES string of the molecule is CN(C)c1ccc(NC(=O)COC(=O)Cc2ccc(Cl)cc2Cl)cc1. The van der Waals surface area contributed by atoms with Crippen LogP contribution in [0.3, 0.4) is 0 Å². The number of ether oxygens (including phenoxy) is 1. The second-order valence-corrected chi connectivity index (χ2v) is 6.41. The van der Waals surface area contributed by atoms with Gasteiger partial charge in [-0.25, -0.2) is 0 Å². The van der Waals surface area contributed by atoms with E-state index in [1.165, 1.54) is 0 Å². The highest BCUT2D eigenvalue weighted by Crippen LogP contribution is 2.21. The normalized spacial score (nSPS) is 10.2. The lowest BCUT2D eigenvalue weighted by atomic mass is 10.1. The van der Waals surface area contributed by atoms with Crippen molar-refractivity contribution in [2.24, 2.45) is 0 Å². The molecule has 2 aromatic rings. The summed E-state index contributed by atoms with van der Waals surface area (Å²) >= 11 is 11.8. The zero-order valence-electron chi connectivity index (χ0n) is 13.9. The van der Waals surface area contributed by atoms with Crippen LogP contribution in [0.4, 0.5) is 11.4 Å². The number of carbonyl (C=O) groups is 2. The molecule has 132 valence electrons. The molecule has 0 aliphatic heterocycles. The molecule has 0 heterocycles. The summed E-state index contributed by atoms with van der Waals surface area (Å²) in [5.74, 6) is -0.949. The number of hydrogen-bond acceptors (Lipinski definition) is 4. The van der Waals surface area contributed by atoms with Crippen molar-refractivity contribution in [1.82, 2.24) is 0 Å². The van der Waals surface area contributed by atoms with Crippen LogP contribution in [-0.4, -0.2) is 32.6 Å². The molecule has 0 unspecified atom stereocenters. The summed E-state index contributed by atoms with van der Waals surface area (Å²) in [4.78, 5) is 25.6. The number of nitrogens with zero attached hydrogens (tertiary/aromatic N) is 1. The Morgan fingerprint density at radius 1 is 1.08 bits per heavy atom. The highest BCUT2D eigenvalue weighted by Gasteiger charge is 2.11. The maximum Gasteiger partial charge on any atom is 0.310 e. The maximum absolute atomic E-state index is 11.9. The van der Waals surface area contributed by atoms with Gasteiger partial charge < -0.3 is 15.0 Å². The molecule has 5 nitrogen and oxygen atoms in total. The number of rotatable bonds is 6. The molecule has 0 saturated heterocycles. The first-order valence-corrected chi connectivity index (χ1v) is 8.27. The molecule has 0 spiro atoms. The number of benzene rings is 2. The molecule has 0 bridgehead atoms. The predicted molar refractivity (Wildman–Crippen MR) is 101 cm³/mol. The average molecular weight is 381 g/mol. The summed E-state index contributed by atoms with van der Waals surface area (Å²) in [7, 11) is 3.86. The third-order valence-corrected chi connectivity index (χ3v) is 3.97. The number of nitrogens with one attached hydrogen (secondary N) is 1. The van der Waals surface area contributed by atoms with Gasteiger partial charge in [0, 0.05) is 35.5 Å². The van der Waals surface area contributed by atoms with Crippen LogP contribution in [-0.2, 0) is 20.7 Å². The molecule has 25 heavy (non-hydrogen) atoms. The molecule has 0 atom stereocenters. The quantitative estimate of drug-likeness (QED) is 0.774. The third kappa shape index (κ3) is 5.96. The standard InChI is InChI=1S/C18H18Cl2N2O3/c1-22(2)15-7-5-14(6-8-15)21-17(23)11-25-18(24)9-12-3-4-13(19)10-16(12)20/h3-8,10H,9,11H2,1-2H3,(H,21,23). The van der Waals surface area contributed by atoms with E-state index in [2.05, 4.69) is 5.32 Å². The summed E-state index contributed by atoms with van der Waals surface area (Å²) in [5.41, 5.74) is 2.24. The molecule has 1 N–H and O–H groups in total. The van der Waals surface area contributed by atoms with Crippen molar-refractivity contribution in [2.75, 3.05) is 30.9 Å². The molecule has 7 heteroatoms. The van der Waals surface area contributed by atoms with Gasteiger partial charge in [-0.05, 0) is 42.0 Å². The number of esters is 1. The van der Waals surface area contributed by atoms with Crippen LogP contribution >= 0.6 is 23.2 Å². The lowest BCUT2D eigenvalue weighted by Crippen LogP contribution is -2.21. The highest BCUT2D eigenvalue weighted by molar-refractivity contribution is 6.35. The Bertz CT molecular complexity index is 761. The zero-order chi connectivity index (χ0) is 18.4. The van der Waals surface area contributed by atoms with E-state index in [4.69, 9.17) is 27.9 Å². The van der Waals surface area contributed by atoms with Crippen molar-refractivity contribution < 1.29 is 14.3 Å². The predicted octanol–water partition coefficient (Wildman–Crippen LogP) is 3.78. The summed E-state index contributed by atoms with van der Waals surface area (Å²) in [6, 6.07) is 12.2. The van der Waals surface area contributed by atoms with Crippen molar-refractivity contribution in [1.29, 1.82) is 0 Å². The Morgan fingerprint density at radius 2 is 1.76 bits per heavy atom. The minimum absolute atomic E-state index is 0.0270. The molecule has 0 aliphatic carbocycles. The minimum Gasteiger partial charge on any atom is -0.455 e. The van der Waals surface area contributed by atoms with Crippen molar-refractivity contribution in [3.05, 3.63) is 58.1 Å². The van der Waals surface area contributed by atoms with Crippen LogP contribution in [0.2, 0.25) is 10.0 Å². The van der Waals surface area contributed by atoms with Gasteiger partial charge in [0.1, 0.15) is 0 Å². The fourth-order valence-corrected chi connectivity index (χ4v) is 2.53. The first-order chi connectivity index (χ1) is 11.8. The van der Waals surface area contributed by atoms with Crippen molar-refractivity contribution in [2.45, 2.75) is 6.42 Å². The number of halogens is 2. The average Bonchev–Trinajstić information content (AvgIpc) is 2.56. The molecule has 1 amide bonds. The second kappa shape index (κ2) is 8.74. The van der Waals surface area contributed by atoms with Crippen LogP contribution in [0.25, 0.3) is 0 Å². The lowest BCUT2D eigenvalue weighted by molar-refractivity contribution is -0.146. The fourth-order valence-electron chi connectivity index (χ4n) is 2.06. The Hall–Kier alpha value is -2.24. The number of amides is 1. The molecule has 2 rings (SSSR count). The lowest BCUT2D eigenvalue weighted by Gasteiger charge is -2.13. The number of hydrogen-bond donors (Lipinski definition) is 1. The highest BCUT2D eigenvalue weighted by atomic mass is 35.5. The summed E-state index contributed by atoms with van der Waals surface area (Å²) in [6.45, 7) is -0.362. The molecule has 0 aliphatic rings. The molecular weight excluding hydrogens is 363 g/mol. The molecular formula is C18H18Cl2N2O3. The Kier molecular flexibility index (Phi) is 6.67. The molecule has 0 aromatic heterocycles. The van der Waals surface area contributed by atoms with Gasteiger partial charge in [0.15, 0.2) is 6.61 Å². The summed E-state index contributed by atoms with van der Waals surface area (Å²) < 4.78 is 4.98. The number of anilines is 2. The van der Waals surface area contributed by atoms with Gasteiger partial charge in [-0.1, -0.05) is 29.3 Å². The molecule has 2 aromatic carbocycles. The zero-order valence-corrected chi connectivity index (χ0v) is 15.4. The first-order valence-electron chi connectivity index (χ1n) is 7.52. The van der Waals surface area contributed by atoms with Crippen LogP contribution in [0.15, 0.2) is 42.5 Å². The van der Waals surface area contributed by atoms with Crippen LogP contribution in [0, 0.1) is 0 Å². The van der Waals surface area contributed by atoms with E-state index in [0.29, 0.717) is 21.3 Å². The monoisotopic (exact) mass is 380 g/mol. The first kappa shape index (κ1) is 19.1. The van der Waals surface area contributed by atoms with Crippen LogP contribution in [0.5, 0.6) is 0 Å². The van der Waals surface area contributed by atoms with Crippen molar-refractivity contribution in [3.63, 3.8) is 0 Å². The van der Waals surface area contributed by atoms with Crippen LogP contribution < -0.4 is 10.2 Å². The summed E-state index contributed by atoms with van der Waals surface area (Å²) in [5, 5.41) is 3.54. The Labute approximate surface area is 156 Å². The second-order valence-electron chi connectivity index (χ2n) is 5.56. The van der Waals surface area contributed by atoms with Gasteiger partial charge in [-0.3, -0.25) is 9.59 Å². The smallest absolute Gasteiger partial charge is 0.310 e. The van der Waals surface area contributed by atoms with E-state index in [-0.39, 0.29) is 13.0 Å². The third-order valence-electron chi connectivity index (χ3n) is 3.38. The van der Waals surface area contributed by atoms with Gasteiger partial charge in [-0.15, -0.1) is 0 Å². The summed E-state index contributed by atoms with van der Waals surface area (Å²) in [6.07, 6.45) is -0.0270. The van der Waals surface area contributed by atoms with Crippen LogP contribution in [0.1, 0.15) is 5.56 Å². The van der Waals surface area contributed by atoms with Gasteiger partial charge in [0.2, 0.25) is 0 Å². The van der Waals surface area contributed by atoms with E-state index < -0.39 is 11.9 Å². The van der Waals surface area contributed by atoms with Gasteiger partial charge in [0.25, 0.3) is 5.91 Å². The Balaban J connectivity index is 1.81. The maximum atomic E-state index is 11.9. The Morgan fingerprint density at radius 3 is 2.36 bits per heavy atom. The van der Waals surface area contributed by atoms with E-state index in [9.17, 15) is 9.59 Å². The van der Waals surface area contributed by atoms with Gasteiger partial charge in [-0.2, -0.15) is 0 Å². The molecule has 0 fully saturated rings. The fraction of sp³-hybridized carbons (Fsp3) is 0.222. The van der Waals surface area contributed by atoms with Gasteiger partial charge >= 0.3 is 5.97 Å². The minimum atomic E-state index is -0.540. The van der Waals surface area contributed by atoms with Crippen molar-refractivity contribution in [3.8, 4) is 0 Å². The van der Waals surface area contributed by atoms with Gasteiger partial charge in [0.05, 0.1) is 6.42 Å². The van der Waals surface area contributed by atoms with Crippen molar-refractivity contribution >= 4 is 46.5 Å². The van der Waals surface area contributed by atoms with E-state index in [0.717, 1.165) is 5.69 Å². The van der Waals surface area contributed by atoms with E-state index in [1.54, 1.807) is 30.3 Å². The number of carbonyl (C=O) groups excluding carboxylic acids is 2. The van der Waals surface area contributed by atoms with E-state index >= 15 is 0 Å². The topological polar surface area (TPSA) is 58.6 Å². The molecule has 0 saturated carbocycles. The largest absolute Gasteiger partial charge is 0.455 e. The molecule has 0 radical (unpaired) electrons. The van der Waals surface area contributed by atoms with E-state index in [1.807, 2.05) is 31.1 Å².